The summed E-state index contributed by atoms with van der Waals surface area (Å²) in [5.41, 5.74) is 1.01. The van der Waals surface area contributed by atoms with E-state index in [1.54, 1.807) is 4.57 Å². The van der Waals surface area contributed by atoms with E-state index in [0.29, 0.717) is 16.5 Å². The van der Waals surface area contributed by atoms with Gasteiger partial charge < -0.3 is 0 Å². The van der Waals surface area contributed by atoms with Gasteiger partial charge in [0.05, 0.1) is 16.5 Å². The number of Topliss-reactive ketones (excluding diaryl/α,β-unsaturated/α-hetero) is 1. The average Bonchev–Trinajstić information content (AvgIpc) is 2.78. The summed E-state index contributed by atoms with van der Waals surface area (Å²) < 4.78 is 1.78. The van der Waals surface area contributed by atoms with Crippen molar-refractivity contribution in [2.24, 2.45) is 0 Å². The van der Waals surface area contributed by atoms with Crippen LogP contribution in [0, 0.1) is 0 Å². The highest BCUT2D eigenvalue weighted by atomic mass is 16.1. The van der Waals surface area contributed by atoms with Crippen LogP contribution < -0.4 is 5.56 Å². The Balaban J connectivity index is 2.10. The van der Waals surface area contributed by atoms with Crippen LogP contribution in [0.2, 0.25) is 0 Å². The molecule has 20 heavy (non-hydrogen) atoms. The average molecular weight is 269 g/mol. The molecule has 0 amide bonds. The molecule has 2 aromatic heterocycles. The Morgan fingerprint density at radius 3 is 2.75 bits per heavy atom. The summed E-state index contributed by atoms with van der Waals surface area (Å²) >= 11 is 0. The van der Waals surface area contributed by atoms with Gasteiger partial charge in [0.25, 0.3) is 5.56 Å². The molecule has 2 aromatic rings. The van der Waals surface area contributed by atoms with Gasteiger partial charge in [-0.05, 0) is 26.2 Å². The maximum absolute atomic E-state index is 12.6. The third-order valence-corrected chi connectivity index (χ3v) is 4.84. The van der Waals surface area contributed by atoms with E-state index in [2.05, 4.69) is 4.98 Å². The molecule has 0 radical (unpaired) electrons. The Morgan fingerprint density at radius 2 is 2.10 bits per heavy atom. The van der Waals surface area contributed by atoms with Crippen molar-refractivity contribution in [1.29, 1.82) is 0 Å². The molecule has 1 aliphatic carbocycles. The zero-order valence-electron chi connectivity index (χ0n) is 11.3. The number of ketones is 1. The second kappa shape index (κ2) is 3.75. The first-order chi connectivity index (χ1) is 9.62. The van der Waals surface area contributed by atoms with Crippen LogP contribution in [0.5, 0.6) is 0 Å². The lowest BCUT2D eigenvalue weighted by molar-refractivity contribution is 0.101. The van der Waals surface area contributed by atoms with Gasteiger partial charge in [-0.25, -0.2) is 4.98 Å². The van der Waals surface area contributed by atoms with E-state index in [4.69, 9.17) is 4.98 Å². The number of rotatable bonds is 1. The zero-order valence-corrected chi connectivity index (χ0v) is 11.3. The van der Waals surface area contributed by atoms with Crippen molar-refractivity contribution in [2.45, 2.75) is 44.6 Å². The van der Waals surface area contributed by atoms with Gasteiger partial charge >= 0.3 is 0 Å². The molecule has 5 nitrogen and oxygen atoms in total. The van der Waals surface area contributed by atoms with Gasteiger partial charge in [-0.1, -0.05) is 6.42 Å². The van der Waals surface area contributed by atoms with Gasteiger partial charge in [0, 0.05) is 24.4 Å². The third kappa shape index (κ3) is 1.32. The number of carbonyl (C=O) groups excluding carboxylic acids is 1. The predicted molar refractivity (Wildman–Crippen MR) is 73.9 cm³/mol. The van der Waals surface area contributed by atoms with Crippen LogP contribution in [-0.4, -0.2) is 20.3 Å². The topological polar surface area (TPSA) is 64.8 Å². The van der Waals surface area contributed by atoms with Crippen LogP contribution in [0.1, 0.15) is 48.8 Å². The highest BCUT2D eigenvalue weighted by molar-refractivity contribution is 6.04. The summed E-state index contributed by atoms with van der Waals surface area (Å²) in [5.74, 6) is 0.788. The fourth-order valence-electron chi connectivity index (χ4n) is 3.52. The molecular formula is C15H15N3O2. The smallest absolute Gasteiger partial charge is 0.262 e. The number of aromatic nitrogens is 3. The highest BCUT2D eigenvalue weighted by Gasteiger charge is 2.46. The second-order valence-electron chi connectivity index (χ2n) is 5.92. The fourth-order valence-corrected chi connectivity index (χ4v) is 3.52. The van der Waals surface area contributed by atoms with E-state index in [0.717, 1.165) is 31.6 Å². The Bertz CT molecular complexity index is 803. The van der Waals surface area contributed by atoms with E-state index in [1.165, 1.54) is 25.7 Å². The lowest BCUT2D eigenvalue weighted by Gasteiger charge is -2.37. The van der Waals surface area contributed by atoms with Crippen molar-refractivity contribution in [3.05, 3.63) is 34.1 Å². The van der Waals surface area contributed by atoms with Crippen LogP contribution in [0.4, 0.5) is 0 Å². The molecule has 1 saturated carbocycles. The van der Waals surface area contributed by atoms with Gasteiger partial charge in [-0.15, -0.1) is 0 Å². The van der Waals surface area contributed by atoms with E-state index in [1.807, 2.05) is 0 Å². The van der Waals surface area contributed by atoms with Gasteiger partial charge in [0.1, 0.15) is 5.82 Å². The molecular weight excluding hydrogens is 254 g/mol. The van der Waals surface area contributed by atoms with Crippen molar-refractivity contribution >= 4 is 16.7 Å². The monoisotopic (exact) mass is 269 g/mol. The normalized spacial score (nSPS) is 19.1. The second-order valence-corrected chi connectivity index (χ2v) is 5.92. The molecule has 1 fully saturated rings. The standard InChI is InChI=1S/C15H15N3O2/c1-9(19)10-7-16-8-11-12(10)17-14-15(3-2-4-15)5-6-18(14)13(11)20/h7-8H,2-6H2,1H3. The number of carbonyl (C=O) groups is 1. The largest absolute Gasteiger partial charge is 0.296 e. The Kier molecular flexibility index (Phi) is 2.20. The van der Waals surface area contributed by atoms with E-state index >= 15 is 0 Å². The van der Waals surface area contributed by atoms with Crippen molar-refractivity contribution in [3.8, 4) is 0 Å². The van der Waals surface area contributed by atoms with Crippen LogP contribution in [0.3, 0.4) is 0 Å². The molecule has 4 rings (SSSR count). The number of hydrogen-bond donors (Lipinski definition) is 0. The van der Waals surface area contributed by atoms with Gasteiger partial charge in [-0.2, -0.15) is 0 Å². The summed E-state index contributed by atoms with van der Waals surface area (Å²) in [6, 6.07) is 0. The molecule has 3 heterocycles. The first-order valence-corrected chi connectivity index (χ1v) is 7.02. The minimum atomic E-state index is -0.0967. The number of hydrogen-bond acceptors (Lipinski definition) is 4. The Morgan fingerprint density at radius 1 is 1.30 bits per heavy atom. The molecule has 0 saturated heterocycles. The van der Waals surface area contributed by atoms with Crippen molar-refractivity contribution in [3.63, 3.8) is 0 Å². The quantitative estimate of drug-likeness (QED) is 0.741. The first-order valence-electron chi connectivity index (χ1n) is 7.02. The summed E-state index contributed by atoms with van der Waals surface area (Å²) in [5, 5.41) is 0.456. The molecule has 1 spiro atoms. The van der Waals surface area contributed by atoms with Crippen LogP contribution in [0.25, 0.3) is 10.9 Å². The van der Waals surface area contributed by atoms with Crippen molar-refractivity contribution in [2.75, 3.05) is 0 Å². The van der Waals surface area contributed by atoms with Crippen LogP contribution in [-0.2, 0) is 12.0 Å². The van der Waals surface area contributed by atoms with Gasteiger partial charge in [-0.3, -0.25) is 19.1 Å². The molecule has 5 heteroatoms. The van der Waals surface area contributed by atoms with E-state index in [-0.39, 0.29) is 16.8 Å². The van der Waals surface area contributed by atoms with Gasteiger partial charge in [0.15, 0.2) is 5.78 Å². The Labute approximate surface area is 115 Å². The fraction of sp³-hybridized carbons (Fsp3) is 0.467. The maximum Gasteiger partial charge on any atom is 0.262 e. The number of pyridine rings is 1. The minimum absolute atomic E-state index is 0.0515. The summed E-state index contributed by atoms with van der Waals surface area (Å²) in [6.45, 7) is 2.23. The molecule has 0 unspecified atom stereocenters. The zero-order chi connectivity index (χ0) is 13.9. The minimum Gasteiger partial charge on any atom is -0.296 e. The molecule has 0 atom stereocenters. The lowest BCUT2D eigenvalue weighted by Crippen LogP contribution is -2.34. The molecule has 1 aliphatic heterocycles. The summed E-state index contributed by atoms with van der Waals surface area (Å²) in [4.78, 5) is 33.1. The molecule has 0 aromatic carbocycles. The molecule has 0 bridgehead atoms. The highest BCUT2D eigenvalue weighted by Crippen LogP contribution is 2.49. The van der Waals surface area contributed by atoms with Crippen LogP contribution in [0.15, 0.2) is 17.2 Å². The van der Waals surface area contributed by atoms with Crippen LogP contribution >= 0.6 is 0 Å². The molecule has 2 aliphatic rings. The first kappa shape index (κ1) is 11.8. The summed E-state index contributed by atoms with van der Waals surface area (Å²) in [7, 11) is 0. The maximum atomic E-state index is 12.6. The SMILES string of the molecule is CC(=O)c1cncc2c(=O)n3c(nc12)C1(CCC1)CC3. The lowest BCUT2D eigenvalue weighted by atomic mass is 9.67. The van der Waals surface area contributed by atoms with E-state index in [9.17, 15) is 9.59 Å². The molecule has 102 valence electrons. The number of nitrogens with zero attached hydrogens (tertiary/aromatic N) is 3. The third-order valence-electron chi connectivity index (χ3n) is 4.84. The number of fused-ring (bicyclic) bond motifs is 3. The van der Waals surface area contributed by atoms with Gasteiger partial charge in [0.2, 0.25) is 0 Å². The van der Waals surface area contributed by atoms with Crippen molar-refractivity contribution in [1.82, 2.24) is 14.5 Å². The molecule has 0 N–H and O–H groups in total. The predicted octanol–water partition coefficient (Wildman–Crippen LogP) is 1.82. The summed E-state index contributed by atoms with van der Waals surface area (Å²) in [6.07, 6.45) is 7.43. The van der Waals surface area contributed by atoms with E-state index < -0.39 is 0 Å². The Hall–Kier alpha value is -2.04. The van der Waals surface area contributed by atoms with Crippen molar-refractivity contribution < 1.29 is 4.79 Å².